The number of carbonyl (C=O) groups is 1. The zero-order valence-electron chi connectivity index (χ0n) is 17.5. The number of nitrogens with zero attached hydrogens (tertiary/aromatic N) is 3. The van der Waals surface area contributed by atoms with Crippen LogP contribution >= 0.6 is 0 Å². The second-order valence-electron chi connectivity index (χ2n) is 8.04. The maximum absolute atomic E-state index is 14.6. The number of amides is 1. The van der Waals surface area contributed by atoms with Crippen LogP contribution in [0.5, 0.6) is 0 Å². The van der Waals surface area contributed by atoms with Gasteiger partial charge in [-0.3, -0.25) is 14.7 Å². The molecule has 1 aliphatic heterocycles. The van der Waals surface area contributed by atoms with Gasteiger partial charge in [-0.2, -0.15) is 23.4 Å². The summed E-state index contributed by atoms with van der Waals surface area (Å²) >= 11 is 0. The summed E-state index contributed by atoms with van der Waals surface area (Å²) in [5.74, 6) is -1.37. The minimum atomic E-state index is -4.59. The highest BCUT2D eigenvalue weighted by Crippen LogP contribution is 2.34. The highest BCUT2D eigenvalue weighted by Gasteiger charge is 2.39. The molecule has 0 radical (unpaired) electrons. The Labute approximate surface area is 189 Å². The molecule has 0 unspecified atom stereocenters. The predicted molar refractivity (Wildman–Crippen MR) is 114 cm³/mol. The first-order valence-electron chi connectivity index (χ1n) is 10.4. The van der Waals surface area contributed by atoms with E-state index in [9.17, 15) is 27.2 Å². The average molecular weight is 471 g/mol. The van der Waals surface area contributed by atoms with E-state index in [1.807, 2.05) is 0 Å². The number of benzene rings is 2. The van der Waals surface area contributed by atoms with Crippen LogP contribution in [0, 0.1) is 5.82 Å². The Kier molecular flexibility index (Phi) is 5.18. The molecule has 0 aliphatic carbocycles. The number of alkyl halides is 3. The molecule has 4 aromatic rings. The molecule has 2 N–H and O–H groups in total. The van der Waals surface area contributed by atoms with Gasteiger partial charge in [-0.1, -0.05) is 24.3 Å². The summed E-state index contributed by atoms with van der Waals surface area (Å²) in [4.78, 5) is 26.4. The van der Waals surface area contributed by atoms with E-state index >= 15 is 0 Å². The first kappa shape index (κ1) is 21.8. The van der Waals surface area contributed by atoms with Crippen LogP contribution in [0.1, 0.15) is 38.6 Å². The number of fused-ring (bicyclic) bond motifs is 2. The molecule has 0 bridgehead atoms. The quantitative estimate of drug-likeness (QED) is 0.447. The van der Waals surface area contributed by atoms with Gasteiger partial charge in [0.05, 0.1) is 28.9 Å². The standard InChI is InChI=1S/C23H17F4N5O2/c24-17-6-5-12(10-18-13-3-1-2-4-14(13)21(33)31-28-18)9-16(17)22(34)32-8-7-15-19(11-32)29-30-20(15)23(25,26)27/h1-6,9H,7-8,10-11H2,(H,29,30)(H,31,33). The lowest BCUT2D eigenvalue weighted by Crippen LogP contribution is -2.36. The molecule has 3 heterocycles. The molecular weight excluding hydrogens is 454 g/mol. The Balaban J connectivity index is 1.42. The van der Waals surface area contributed by atoms with Gasteiger partial charge in [0.15, 0.2) is 5.69 Å². The van der Waals surface area contributed by atoms with E-state index in [-0.39, 0.29) is 48.3 Å². The molecule has 0 spiro atoms. The molecule has 1 amide bonds. The van der Waals surface area contributed by atoms with Crippen molar-refractivity contribution >= 4 is 16.7 Å². The lowest BCUT2D eigenvalue weighted by molar-refractivity contribution is -0.141. The molecule has 1 aliphatic rings. The van der Waals surface area contributed by atoms with Gasteiger partial charge >= 0.3 is 6.18 Å². The van der Waals surface area contributed by atoms with Crippen LogP contribution in [0.3, 0.4) is 0 Å². The SMILES string of the molecule is O=C(c1cc(Cc2n[nH]c(=O)c3ccccc23)ccc1F)N1CCc2c(C(F)(F)F)n[nH]c2C1. The number of nitrogens with one attached hydrogen (secondary N) is 2. The number of H-pyrrole nitrogens is 2. The molecule has 0 saturated carbocycles. The number of hydrogen-bond donors (Lipinski definition) is 2. The Hall–Kier alpha value is -4.02. The van der Waals surface area contributed by atoms with E-state index in [1.54, 1.807) is 24.3 Å². The van der Waals surface area contributed by atoms with Crippen molar-refractivity contribution in [2.24, 2.45) is 0 Å². The van der Waals surface area contributed by atoms with E-state index in [2.05, 4.69) is 20.4 Å². The summed E-state index contributed by atoms with van der Waals surface area (Å²) in [7, 11) is 0. The molecule has 34 heavy (non-hydrogen) atoms. The smallest absolute Gasteiger partial charge is 0.332 e. The maximum Gasteiger partial charge on any atom is 0.435 e. The Bertz CT molecular complexity index is 1470. The minimum absolute atomic E-state index is 0.00420. The fourth-order valence-corrected chi connectivity index (χ4v) is 4.24. The minimum Gasteiger partial charge on any atom is -0.332 e. The topological polar surface area (TPSA) is 94.7 Å². The van der Waals surface area contributed by atoms with Gasteiger partial charge in [0.25, 0.3) is 11.5 Å². The molecule has 0 fully saturated rings. The van der Waals surface area contributed by atoms with Crippen molar-refractivity contribution in [1.82, 2.24) is 25.3 Å². The molecule has 2 aromatic carbocycles. The van der Waals surface area contributed by atoms with Crippen molar-refractivity contribution in [2.75, 3.05) is 6.54 Å². The second-order valence-corrected chi connectivity index (χ2v) is 8.04. The lowest BCUT2D eigenvalue weighted by atomic mass is 10.0. The summed E-state index contributed by atoms with van der Waals surface area (Å²) in [6, 6.07) is 11.0. The molecule has 0 atom stereocenters. The second kappa shape index (κ2) is 8.08. The van der Waals surface area contributed by atoms with Crippen LogP contribution < -0.4 is 5.56 Å². The summed E-state index contributed by atoms with van der Waals surface area (Å²) < 4.78 is 53.9. The summed E-state index contributed by atoms with van der Waals surface area (Å²) in [6.07, 6.45) is -4.39. The van der Waals surface area contributed by atoms with E-state index in [4.69, 9.17) is 0 Å². The Morgan fingerprint density at radius 3 is 2.59 bits per heavy atom. The van der Waals surface area contributed by atoms with Gasteiger partial charge in [0.1, 0.15) is 5.82 Å². The van der Waals surface area contributed by atoms with Gasteiger partial charge < -0.3 is 4.90 Å². The fourth-order valence-electron chi connectivity index (χ4n) is 4.24. The van der Waals surface area contributed by atoms with E-state index < -0.39 is 23.6 Å². The number of aromatic nitrogens is 4. The highest BCUT2D eigenvalue weighted by molar-refractivity contribution is 5.95. The van der Waals surface area contributed by atoms with Crippen molar-refractivity contribution in [3.8, 4) is 0 Å². The Morgan fingerprint density at radius 1 is 1.06 bits per heavy atom. The first-order valence-corrected chi connectivity index (χ1v) is 10.4. The zero-order valence-corrected chi connectivity index (χ0v) is 17.5. The van der Waals surface area contributed by atoms with E-state index in [0.717, 1.165) is 0 Å². The van der Waals surface area contributed by atoms with Crippen molar-refractivity contribution in [2.45, 2.75) is 25.6 Å². The van der Waals surface area contributed by atoms with Gasteiger partial charge in [0.2, 0.25) is 0 Å². The normalized spacial score (nSPS) is 13.8. The van der Waals surface area contributed by atoms with Crippen LogP contribution in [0.25, 0.3) is 10.8 Å². The van der Waals surface area contributed by atoms with Crippen molar-refractivity contribution in [3.63, 3.8) is 0 Å². The first-order chi connectivity index (χ1) is 16.2. The third-order valence-corrected chi connectivity index (χ3v) is 5.90. The van der Waals surface area contributed by atoms with Gasteiger partial charge in [-0.25, -0.2) is 9.49 Å². The molecule has 0 saturated heterocycles. The molecule has 174 valence electrons. The number of halogens is 4. The van der Waals surface area contributed by atoms with Crippen LogP contribution in [-0.2, 0) is 25.6 Å². The van der Waals surface area contributed by atoms with Crippen molar-refractivity contribution in [1.29, 1.82) is 0 Å². The van der Waals surface area contributed by atoms with Crippen LogP contribution in [0.2, 0.25) is 0 Å². The largest absolute Gasteiger partial charge is 0.435 e. The average Bonchev–Trinajstić information content (AvgIpc) is 3.26. The van der Waals surface area contributed by atoms with Crippen LogP contribution in [0.15, 0.2) is 47.3 Å². The number of hydrogen-bond acceptors (Lipinski definition) is 4. The maximum atomic E-state index is 14.6. The van der Waals surface area contributed by atoms with Gasteiger partial charge in [0, 0.05) is 23.9 Å². The number of aromatic amines is 2. The van der Waals surface area contributed by atoms with Crippen LogP contribution in [0.4, 0.5) is 17.6 Å². The zero-order chi connectivity index (χ0) is 24.0. The van der Waals surface area contributed by atoms with Gasteiger partial charge in [-0.15, -0.1) is 0 Å². The molecule has 5 rings (SSSR count). The number of rotatable bonds is 3. The molecule has 11 heteroatoms. The van der Waals surface area contributed by atoms with Crippen LogP contribution in [-0.4, -0.2) is 37.7 Å². The summed E-state index contributed by atoms with van der Waals surface area (Å²) in [5.41, 5.74) is -0.137. The van der Waals surface area contributed by atoms with Crippen molar-refractivity contribution in [3.05, 3.63) is 92.4 Å². The summed E-state index contributed by atoms with van der Waals surface area (Å²) in [5, 5.41) is 13.4. The summed E-state index contributed by atoms with van der Waals surface area (Å²) in [6.45, 7) is -0.128. The fraction of sp³-hybridized carbons (Fsp3) is 0.217. The van der Waals surface area contributed by atoms with Gasteiger partial charge in [-0.05, 0) is 30.2 Å². The predicted octanol–water partition coefficient (Wildman–Crippen LogP) is 3.59. The lowest BCUT2D eigenvalue weighted by Gasteiger charge is -2.27. The monoisotopic (exact) mass is 471 g/mol. The third kappa shape index (κ3) is 3.82. The highest BCUT2D eigenvalue weighted by atomic mass is 19.4. The number of carbonyl (C=O) groups excluding carboxylic acids is 1. The van der Waals surface area contributed by atoms with E-state index in [0.29, 0.717) is 22.0 Å². The molecular formula is C23H17F4N5O2. The third-order valence-electron chi connectivity index (χ3n) is 5.90. The van der Waals surface area contributed by atoms with E-state index in [1.165, 1.54) is 23.1 Å². The van der Waals surface area contributed by atoms with Crippen molar-refractivity contribution < 1.29 is 22.4 Å². The molecule has 7 nitrogen and oxygen atoms in total. The molecule has 2 aromatic heterocycles. The Morgan fingerprint density at radius 2 is 1.82 bits per heavy atom.